The normalized spacial score (nSPS) is 10.9. The summed E-state index contributed by atoms with van der Waals surface area (Å²) in [4.78, 5) is 4.29. The maximum atomic E-state index is 13.3. The zero-order chi connectivity index (χ0) is 16.8. The van der Waals surface area contributed by atoms with Gasteiger partial charge in [0.2, 0.25) is 0 Å². The number of aryl methyl sites for hydroxylation is 2. The summed E-state index contributed by atoms with van der Waals surface area (Å²) >= 11 is 0. The molecule has 4 nitrogen and oxygen atoms in total. The van der Waals surface area contributed by atoms with Gasteiger partial charge in [0.1, 0.15) is 0 Å². The van der Waals surface area contributed by atoms with E-state index in [1.54, 1.807) is 12.1 Å². The number of nitrogens with one attached hydrogen (secondary N) is 1. The molecule has 0 saturated carbocycles. The van der Waals surface area contributed by atoms with E-state index < -0.39 is 0 Å². The molecule has 0 aliphatic rings. The molecule has 130 valence electrons. The molecule has 2 aromatic rings. The molecule has 0 unspecified atom stereocenters. The maximum Gasteiger partial charge on any atom is 0.193 e. The van der Waals surface area contributed by atoms with E-state index in [2.05, 4.69) is 24.2 Å². The molecule has 0 heterocycles. The number of anilines is 1. The van der Waals surface area contributed by atoms with Crippen molar-refractivity contribution in [1.29, 1.82) is 0 Å². The smallest absolute Gasteiger partial charge is 0.193 e. The third kappa shape index (κ3) is 5.67. The average molecular weight is 443 g/mol. The first kappa shape index (κ1) is 20.2. The topological polar surface area (TPSA) is 59.6 Å². The van der Waals surface area contributed by atoms with Crippen LogP contribution in [0.4, 0.5) is 10.1 Å². The number of aliphatic imine (C=N–C) groups is 1. The Bertz CT molecular complexity index is 719. The van der Waals surface area contributed by atoms with Crippen LogP contribution in [-0.2, 0) is 6.42 Å². The van der Waals surface area contributed by atoms with Crippen molar-refractivity contribution in [2.75, 3.05) is 19.0 Å². The Morgan fingerprint density at radius 1 is 1.17 bits per heavy atom. The molecule has 0 saturated heterocycles. The van der Waals surface area contributed by atoms with E-state index in [1.807, 2.05) is 18.2 Å². The standard InChI is InChI=1S/C18H22FN3O.HI/c1-12-4-6-15(10-13(12)2)22-18(20)21-9-8-14-5-7-16(19)17(11-14)23-3;/h4-7,10-11H,8-9H2,1-3H3,(H3,20,21,22);1H. The molecule has 2 rings (SSSR count). The number of benzene rings is 2. The van der Waals surface area contributed by atoms with E-state index in [9.17, 15) is 4.39 Å². The number of nitrogens with two attached hydrogens (primary N) is 1. The fraction of sp³-hybridized carbons (Fsp3) is 0.278. The van der Waals surface area contributed by atoms with E-state index >= 15 is 0 Å². The molecule has 0 bridgehead atoms. The van der Waals surface area contributed by atoms with Crippen LogP contribution in [0.3, 0.4) is 0 Å². The lowest BCUT2D eigenvalue weighted by Crippen LogP contribution is -2.23. The van der Waals surface area contributed by atoms with E-state index in [-0.39, 0.29) is 35.5 Å². The number of nitrogens with zero attached hydrogens (tertiary/aromatic N) is 1. The number of rotatable bonds is 5. The second-order valence-electron chi connectivity index (χ2n) is 5.41. The zero-order valence-electron chi connectivity index (χ0n) is 14.1. The van der Waals surface area contributed by atoms with E-state index in [4.69, 9.17) is 10.5 Å². The van der Waals surface area contributed by atoms with Crippen molar-refractivity contribution < 1.29 is 9.13 Å². The van der Waals surface area contributed by atoms with Crippen molar-refractivity contribution in [3.63, 3.8) is 0 Å². The van der Waals surface area contributed by atoms with Gasteiger partial charge in [0.15, 0.2) is 17.5 Å². The van der Waals surface area contributed by atoms with Crippen molar-refractivity contribution >= 4 is 35.6 Å². The maximum absolute atomic E-state index is 13.3. The van der Waals surface area contributed by atoms with E-state index in [0.717, 1.165) is 11.3 Å². The third-order valence-electron chi connectivity index (χ3n) is 3.68. The Kier molecular flexibility index (Phi) is 7.97. The molecule has 0 amide bonds. The Labute approximate surface area is 159 Å². The van der Waals surface area contributed by atoms with Gasteiger partial charge in [-0.15, -0.1) is 24.0 Å². The molecule has 0 fully saturated rings. The Morgan fingerprint density at radius 2 is 1.92 bits per heavy atom. The fourth-order valence-electron chi connectivity index (χ4n) is 2.17. The lowest BCUT2D eigenvalue weighted by molar-refractivity contribution is 0.386. The second kappa shape index (κ2) is 9.46. The number of guanidine groups is 1. The monoisotopic (exact) mass is 443 g/mol. The van der Waals surface area contributed by atoms with Crippen LogP contribution in [-0.4, -0.2) is 19.6 Å². The number of halogens is 2. The van der Waals surface area contributed by atoms with Crippen molar-refractivity contribution in [3.05, 3.63) is 58.9 Å². The fourth-order valence-corrected chi connectivity index (χ4v) is 2.17. The van der Waals surface area contributed by atoms with Crippen molar-refractivity contribution in [1.82, 2.24) is 0 Å². The zero-order valence-corrected chi connectivity index (χ0v) is 16.4. The first-order valence-electron chi connectivity index (χ1n) is 7.46. The summed E-state index contributed by atoms with van der Waals surface area (Å²) in [7, 11) is 1.45. The van der Waals surface area contributed by atoms with Gasteiger partial charge in [0.25, 0.3) is 0 Å². The van der Waals surface area contributed by atoms with Crippen molar-refractivity contribution in [3.8, 4) is 5.75 Å². The highest BCUT2D eigenvalue weighted by Crippen LogP contribution is 2.18. The first-order valence-corrected chi connectivity index (χ1v) is 7.46. The average Bonchev–Trinajstić information content (AvgIpc) is 2.52. The summed E-state index contributed by atoms with van der Waals surface area (Å²) < 4.78 is 18.3. The lowest BCUT2D eigenvalue weighted by Gasteiger charge is -2.08. The molecular formula is C18H23FIN3O. The van der Waals surface area contributed by atoms with Crippen LogP contribution in [0, 0.1) is 19.7 Å². The van der Waals surface area contributed by atoms with Crippen LogP contribution in [0.15, 0.2) is 41.4 Å². The Balaban J connectivity index is 0.00000288. The Morgan fingerprint density at radius 3 is 2.58 bits per heavy atom. The number of ether oxygens (including phenoxy) is 1. The van der Waals surface area contributed by atoms with Crippen LogP contribution >= 0.6 is 24.0 Å². The Hall–Kier alpha value is -1.83. The highest BCUT2D eigenvalue weighted by Gasteiger charge is 2.03. The van der Waals surface area contributed by atoms with Crippen molar-refractivity contribution in [2.45, 2.75) is 20.3 Å². The summed E-state index contributed by atoms with van der Waals surface area (Å²) in [6.45, 7) is 4.63. The van der Waals surface area contributed by atoms with Gasteiger partial charge in [-0.25, -0.2) is 4.39 Å². The minimum Gasteiger partial charge on any atom is -0.494 e. The molecule has 0 aromatic heterocycles. The molecule has 3 N–H and O–H groups in total. The lowest BCUT2D eigenvalue weighted by atomic mass is 10.1. The summed E-state index contributed by atoms with van der Waals surface area (Å²) in [6, 6.07) is 10.8. The molecule has 0 aliphatic carbocycles. The number of hydrogen-bond donors (Lipinski definition) is 2. The molecular weight excluding hydrogens is 420 g/mol. The van der Waals surface area contributed by atoms with Gasteiger partial charge in [0.05, 0.1) is 7.11 Å². The molecule has 24 heavy (non-hydrogen) atoms. The predicted molar refractivity (Wildman–Crippen MR) is 108 cm³/mol. The van der Waals surface area contributed by atoms with Crippen LogP contribution < -0.4 is 15.8 Å². The predicted octanol–water partition coefficient (Wildman–Crippen LogP) is 4.04. The minimum absolute atomic E-state index is 0. The van der Waals surface area contributed by atoms with Gasteiger partial charge in [0, 0.05) is 12.2 Å². The quantitative estimate of drug-likeness (QED) is 0.417. The highest BCUT2D eigenvalue weighted by molar-refractivity contribution is 14.0. The largest absolute Gasteiger partial charge is 0.494 e. The molecule has 2 aromatic carbocycles. The van der Waals surface area contributed by atoms with E-state index in [1.165, 1.54) is 24.3 Å². The number of methoxy groups -OCH3 is 1. The van der Waals surface area contributed by atoms with Crippen LogP contribution in [0.1, 0.15) is 16.7 Å². The van der Waals surface area contributed by atoms with E-state index in [0.29, 0.717) is 18.9 Å². The van der Waals surface area contributed by atoms with Crippen LogP contribution in [0.2, 0.25) is 0 Å². The summed E-state index contributed by atoms with van der Waals surface area (Å²) in [5.74, 6) is 0.241. The first-order chi connectivity index (χ1) is 11.0. The summed E-state index contributed by atoms with van der Waals surface area (Å²) in [5.41, 5.74) is 10.2. The molecule has 0 spiro atoms. The van der Waals surface area contributed by atoms with Crippen LogP contribution in [0.25, 0.3) is 0 Å². The SMILES string of the molecule is COc1cc(CCN=C(N)Nc2ccc(C)c(C)c2)ccc1F.I. The van der Waals surface area contributed by atoms with Gasteiger partial charge in [-0.05, 0) is 61.2 Å². The summed E-state index contributed by atoms with van der Waals surface area (Å²) in [5, 5.41) is 3.07. The van der Waals surface area contributed by atoms with Gasteiger partial charge in [-0.1, -0.05) is 12.1 Å². The van der Waals surface area contributed by atoms with Crippen LogP contribution in [0.5, 0.6) is 5.75 Å². The summed E-state index contributed by atoms with van der Waals surface area (Å²) in [6.07, 6.45) is 0.659. The number of hydrogen-bond acceptors (Lipinski definition) is 2. The van der Waals surface area contributed by atoms with Gasteiger partial charge >= 0.3 is 0 Å². The van der Waals surface area contributed by atoms with Gasteiger partial charge in [-0.2, -0.15) is 0 Å². The van der Waals surface area contributed by atoms with Gasteiger partial charge < -0.3 is 15.8 Å². The molecule has 0 radical (unpaired) electrons. The molecule has 0 atom stereocenters. The molecule has 0 aliphatic heterocycles. The second-order valence-corrected chi connectivity index (χ2v) is 5.41. The third-order valence-corrected chi connectivity index (χ3v) is 3.68. The highest BCUT2D eigenvalue weighted by atomic mass is 127. The molecule has 6 heteroatoms. The van der Waals surface area contributed by atoms with Gasteiger partial charge in [-0.3, -0.25) is 4.99 Å². The minimum atomic E-state index is -0.365. The van der Waals surface area contributed by atoms with Crippen molar-refractivity contribution in [2.24, 2.45) is 10.7 Å².